The molecular weight excluding hydrogens is 442 g/mol. The van der Waals surface area contributed by atoms with Gasteiger partial charge < -0.3 is 30.1 Å². The Bertz CT molecular complexity index is 992. The zero-order valence-corrected chi connectivity index (χ0v) is 22.2. The van der Waals surface area contributed by atoms with Crippen LogP contribution in [0.25, 0.3) is 6.08 Å². The molecular formula is C28H41N3O4. The van der Waals surface area contributed by atoms with Crippen molar-refractivity contribution in [3.05, 3.63) is 82.5 Å². The predicted molar refractivity (Wildman–Crippen MR) is 145 cm³/mol. The van der Waals surface area contributed by atoms with Gasteiger partial charge in [-0.3, -0.25) is 5.84 Å². The van der Waals surface area contributed by atoms with Crippen molar-refractivity contribution < 1.29 is 18.9 Å². The van der Waals surface area contributed by atoms with E-state index in [9.17, 15) is 0 Å². The van der Waals surface area contributed by atoms with Crippen molar-refractivity contribution in [1.82, 2.24) is 5.43 Å². The Morgan fingerprint density at radius 1 is 1.06 bits per heavy atom. The molecule has 7 heteroatoms. The molecule has 0 amide bonds. The van der Waals surface area contributed by atoms with Gasteiger partial charge in [0.25, 0.3) is 0 Å². The molecule has 1 aliphatic rings. The van der Waals surface area contributed by atoms with Gasteiger partial charge in [0.2, 0.25) is 5.75 Å². The zero-order chi connectivity index (χ0) is 26.4. The third kappa shape index (κ3) is 8.61. The van der Waals surface area contributed by atoms with Crippen molar-refractivity contribution in [2.24, 2.45) is 11.6 Å². The molecule has 192 valence electrons. The van der Waals surface area contributed by atoms with Gasteiger partial charge in [-0.25, -0.2) is 0 Å². The normalized spacial score (nSPS) is 15.8. The molecule has 0 saturated heterocycles. The Hall–Kier alpha value is -3.58. The minimum absolute atomic E-state index is 0.484. The molecule has 0 saturated carbocycles. The maximum absolute atomic E-state index is 5.52. The number of nitrogens with one attached hydrogen (secondary N) is 1. The molecule has 0 radical (unpaired) electrons. The molecule has 1 aromatic carbocycles. The monoisotopic (exact) mass is 483 g/mol. The van der Waals surface area contributed by atoms with Gasteiger partial charge >= 0.3 is 0 Å². The summed E-state index contributed by atoms with van der Waals surface area (Å²) in [6.45, 7) is 9.90. The Labute approximate surface area is 210 Å². The van der Waals surface area contributed by atoms with Crippen LogP contribution >= 0.6 is 0 Å². The van der Waals surface area contributed by atoms with Crippen LogP contribution in [0, 0.1) is 0 Å². The number of allylic oxidation sites excluding steroid dienone is 7. The first kappa shape index (κ1) is 29.5. The summed E-state index contributed by atoms with van der Waals surface area (Å²) in [5.41, 5.74) is 14.2. The number of hydrogen-bond acceptors (Lipinski definition) is 7. The van der Waals surface area contributed by atoms with Gasteiger partial charge in [-0.15, -0.1) is 0 Å². The minimum atomic E-state index is 0.484. The molecule has 0 heterocycles. The van der Waals surface area contributed by atoms with E-state index in [1.54, 1.807) is 34.5 Å². The van der Waals surface area contributed by atoms with E-state index in [2.05, 4.69) is 51.0 Å². The zero-order valence-electron chi connectivity index (χ0n) is 22.2. The third-order valence-corrected chi connectivity index (χ3v) is 5.44. The molecule has 0 aromatic heterocycles. The lowest BCUT2D eigenvalue weighted by atomic mass is 10.0. The highest BCUT2D eigenvalue weighted by Gasteiger charge is 2.21. The summed E-state index contributed by atoms with van der Waals surface area (Å²) in [7, 11) is 6.61. The van der Waals surface area contributed by atoms with E-state index in [0.29, 0.717) is 22.9 Å². The number of hydrogen-bond donors (Lipinski definition) is 3. The van der Waals surface area contributed by atoms with Crippen molar-refractivity contribution in [3.8, 4) is 17.2 Å². The SMILES string of the molecule is C=C(N)/C=C\NN.CC/C=C(\C=C1/C/C(=C\c2cc(OC)c(OC)c(OC)c2)C(C)=C1CC)OC. The second-order valence-corrected chi connectivity index (χ2v) is 7.73. The lowest BCUT2D eigenvalue weighted by Gasteiger charge is -2.13. The van der Waals surface area contributed by atoms with Crippen LogP contribution < -0.4 is 31.2 Å². The molecule has 0 aliphatic heterocycles. The fraction of sp³-hybridized carbons (Fsp3) is 0.357. The molecule has 0 fully saturated rings. The average molecular weight is 484 g/mol. The van der Waals surface area contributed by atoms with Crippen LogP contribution in [0.5, 0.6) is 17.2 Å². The van der Waals surface area contributed by atoms with Crippen LogP contribution in [0.15, 0.2) is 76.9 Å². The van der Waals surface area contributed by atoms with Crippen molar-refractivity contribution in [3.63, 3.8) is 0 Å². The van der Waals surface area contributed by atoms with Crippen molar-refractivity contribution in [2.45, 2.75) is 40.0 Å². The molecule has 2 rings (SSSR count). The summed E-state index contributed by atoms with van der Waals surface area (Å²) in [5, 5.41) is 0. The van der Waals surface area contributed by atoms with Gasteiger partial charge in [0, 0.05) is 11.9 Å². The van der Waals surface area contributed by atoms with Crippen molar-refractivity contribution in [1.29, 1.82) is 0 Å². The molecule has 5 N–H and O–H groups in total. The first-order valence-electron chi connectivity index (χ1n) is 11.5. The molecule has 1 aromatic rings. The summed E-state index contributed by atoms with van der Waals surface area (Å²) in [5.74, 6) is 7.69. The van der Waals surface area contributed by atoms with E-state index in [4.69, 9.17) is 30.5 Å². The van der Waals surface area contributed by atoms with Gasteiger partial charge in [-0.2, -0.15) is 0 Å². The van der Waals surface area contributed by atoms with Crippen LogP contribution in [-0.4, -0.2) is 28.4 Å². The number of methoxy groups -OCH3 is 4. The van der Waals surface area contributed by atoms with Gasteiger partial charge in [0.1, 0.15) is 5.76 Å². The first-order chi connectivity index (χ1) is 16.8. The smallest absolute Gasteiger partial charge is 0.203 e. The molecule has 0 spiro atoms. The van der Waals surface area contributed by atoms with Crippen LogP contribution in [0.2, 0.25) is 0 Å². The topological polar surface area (TPSA) is 101 Å². The number of benzene rings is 1. The van der Waals surface area contributed by atoms with E-state index >= 15 is 0 Å². The van der Waals surface area contributed by atoms with Crippen LogP contribution in [0.1, 0.15) is 45.6 Å². The van der Waals surface area contributed by atoms with E-state index < -0.39 is 0 Å². The fourth-order valence-electron chi connectivity index (χ4n) is 3.78. The number of hydrazine groups is 1. The lowest BCUT2D eigenvalue weighted by Crippen LogP contribution is -2.13. The van der Waals surface area contributed by atoms with Crippen LogP contribution in [-0.2, 0) is 4.74 Å². The van der Waals surface area contributed by atoms with E-state index in [-0.39, 0.29) is 0 Å². The highest BCUT2D eigenvalue weighted by atomic mass is 16.5. The first-order valence-corrected chi connectivity index (χ1v) is 11.5. The van der Waals surface area contributed by atoms with Crippen LogP contribution in [0.4, 0.5) is 0 Å². The highest BCUT2D eigenvalue weighted by Crippen LogP contribution is 2.42. The van der Waals surface area contributed by atoms with Crippen molar-refractivity contribution in [2.75, 3.05) is 28.4 Å². The molecule has 0 atom stereocenters. The number of nitrogens with two attached hydrogens (primary N) is 2. The van der Waals surface area contributed by atoms with Gasteiger partial charge in [0.15, 0.2) is 11.5 Å². The molecule has 0 bridgehead atoms. The molecule has 1 aliphatic carbocycles. The third-order valence-electron chi connectivity index (χ3n) is 5.44. The molecule has 7 nitrogen and oxygen atoms in total. The highest BCUT2D eigenvalue weighted by molar-refractivity contribution is 5.69. The maximum Gasteiger partial charge on any atom is 0.203 e. The summed E-state index contributed by atoms with van der Waals surface area (Å²) in [4.78, 5) is 0. The maximum atomic E-state index is 5.52. The largest absolute Gasteiger partial charge is 0.497 e. The second kappa shape index (κ2) is 15.3. The summed E-state index contributed by atoms with van der Waals surface area (Å²) < 4.78 is 21.9. The summed E-state index contributed by atoms with van der Waals surface area (Å²) >= 11 is 0. The summed E-state index contributed by atoms with van der Waals surface area (Å²) in [6.07, 6.45) is 12.4. The Morgan fingerprint density at radius 3 is 2.09 bits per heavy atom. The lowest BCUT2D eigenvalue weighted by molar-refractivity contribution is 0.305. The quantitative estimate of drug-likeness (QED) is 0.174. The average Bonchev–Trinajstić information content (AvgIpc) is 3.15. The van der Waals surface area contributed by atoms with Gasteiger partial charge in [-0.1, -0.05) is 26.5 Å². The molecule has 0 unspecified atom stereocenters. The van der Waals surface area contributed by atoms with Crippen LogP contribution in [0.3, 0.4) is 0 Å². The van der Waals surface area contributed by atoms with Gasteiger partial charge in [0.05, 0.1) is 28.4 Å². The Balaban J connectivity index is 0.000000762. The van der Waals surface area contributed by atoms with E-state index in [1.165, 1.54) is 28.5 Å². The van der Waals surface area contributed by atoms with Crippen molar-refractivity contribution >= 4 is 6.08 Å². The summed E-state index contributed by atoms with van der Waals surface area (Å²) in [6, 6.07) is 3.96. The Morgan fingerprint density at radius 2 is 1.69 bits per heavy atom. The standard InChI is InChI=1S/C24H32O4.C4H9N3/c1-8-10-20(25-4)15-19-14-18(16(3)21(19)9-2)11-17-12-22(26-5)24(28-7)23(13-17)27-6;1-4(5)2-3-7-6/h10-13,15H,8-9,14H2,1-7H3;2-3,7H,1,5-6H2/b18-11+,19-15+,20-10+;3-2-. The number of rotatable bonds is 10. The van der Waals surface area contributed by atoms with E-state index in [0.717, 1.165) is 30.6 Å². The number of ether oxygens (including phenoxy) is 4. The Kier molecular flexibility index (Phi) is 12.9. The van der Waals surface area contributed by atoms with E-state index in [1.807, 2.05) is 12.1 Å². The van der Waals surface area contributed by atoms with Gasteiger partial charge in [-0.05, 0) is 84.4 Å². The second-order valence-electron chi connectivity index (χ2n) is 7.73. The fourth-order valence-corrected chi connectivity index (χ4v) is 3.78. The predicted octanol–water partition coefficient (Wildman–Crippen LogP) is 5.53. The molecule has 35 heavy (non-hydrogen) atoms. The minimum Gasteiger partial charge on any atom is -0.497 e.